The van der Waals surface area contributed by atoms with Crippen LogP contribution in [0.15, 0.2) is 12.4 Å². The number of thiophene rings is 1. The van der Waals surface area contributed by atoms with Crippen molar-refractivity contribution in [3.05, 3.63) is 44.5 Å². The number of esters is 1. The average Bonchev–Trinajstić information content (AvgIpc) is 3.36. The largest absolute Gasteiger partial charge is 0.465 e. The zero-order valence-electron chi connectivity index (χ0n) is 16.1. The van der Waals surface area contributed by atoms with Gasteiger partial charge in [-0.05, 0) is 24.3 Å². The first-order valence-electron chi connectivity index (χ1n) is 8.71. The van der Waals surface area contributed by atoms with Gasteiger partial charge in [-0.15, -0.1) is 16.4 Å². The van der Waals surface area contributed by atoms with Gasteiger partial charge in [-0.2, -0.15) is 4.68 Å². The molecule has 0 aliphatic carbocycles. The van der Waals surface area contributed by atoms with E-state index in [0.717, 1.165) is 10.9 Å². The Kier molecular flexibility index (Phi) is 4.49. The van der Waals surface area contributed by atoms with Gasteiger partial charge in [-0.1, -0.05) is 6.92 Å². The molecule has 0 radical (unpaired) electrons. The number of aromatic nitrogens is 6. The van der Waals surface area contributed by atoms with Crippen molar-refractivity contribution in [2.45, 2.75) is 33.2 Å². The predicted molar refractivity (Wildman–Crippen MR) is 104 cm³/mol. The second-order valence-electron chi connectivity index (χ2n) is 6.69. The first-order chi connectivity index (χ1) is 13.8. The van der Waals surface area contributed by atoms with Crippen molar-refractivity contribution in [1.82, 2.24) is 29.4 Å². The predicted octanol–water partition coefficient (Wildman–Crippen LogP) is 2.65. The van der Waals surface area contributed by atoms with Crippen molar-refractivity contribution in [1.29, 1.82) is 0 Å². The molecule has 0 aromatic carbocycles. The van der Waals surface area contributed by atoms with Crippen molar-refractivity contribution in [3.63, 3.8) is 0 Å². The standard InChI is InChI=1S/C17H17N7O4S/c1-8(6-22-9(2)5-11(20-22)24(26)27)14-19-15-12-10(3)13(17(25)28-4)29-16(12)18-7-23(15)21-14/h5,7-8H,6H2,1-4H3/t8-/m0/s1. The lowest BCUT2D eigenvalue weighted by Gasteiger charge is -2.05. The maximum Gasteiger partial charge on any atom is 0.390 e. The quantitative estimate of drug-likeness (QED) is 0.276. The maximum atomic E-state index is 12.0. The van der Waals surface area contributed by atoms with E-state index in [1.54, 1.807) is 22.4 Å². The van der Waals surface area contributed by atoms with E-state index in [9.17, 15) is 14.9 Å². The van der Waals surface area contributed by atoms with Crippen molar-refractivity contribution < 1.29 is 14.5 Å². The molecule has 0 saturated heterocycles. The van der Waals surface area contributed by atoms with Crippen LogP contribution in [0, 0.1) is 24.0 Å². The molecule has 4 aromatic rings. The topological polar surface area (TPSA) is 130 Å². The third kappa shape index (κ3) is 3.10. The minimum atomic E-state index is -0.516. The highest BCUT2D eigenvalue weighted by molar-refractivity contribution is 7.20. The highest BCUT2D eigenvalue weighted by Crippen LogP contribution is 2.32. The summed E-state index contributed by atoms with van der Waals surface area (Å²) in [6.45, 7) is 5.91. The zero-order chi connectivity index (χ0) is 20.9. The van der Waals surface area contributed by atoms with Crippen LogP contribution in [0.4, 0.5) is 5.82 Å². The highest BCUT2D eigenvalue weighted by atomic mass is 32.1. The van der Waals surface area contributed by atoms with Crippen LogP contribution in [-0.4, -0.2) is 47.4 Å². The molecule has 4 aromatic heterocycles. The third-order valence-corrected chi connectivity index (χ3v) is 5.88. The summed E-state index contributed by atoms with van der Waals surface area (Å²) in [5, 5.41) is 20.2. The molecule has 0 N–H and O–H groups in total. The van der Waals surface area contributed by atoms with Crippen LogP contribution in [-0.2, 0) is 11.3 Å². The fourth-order valence-electron chi connectivity index (χ4n) is 3.15. The van der Waals surface area contributed by atoms with Crippen LogP contribution >= 0.6 is 11.3 Å². The molecule has 4 rings (SSSR count). The Labute approximate surface area is 168 Å². The van der Waals surface area contributed by atoms with Gasteiger partial charge >= 0.3 is 11.8 Å². The molecule has 11 nitrogen and oxygen atoms in total. The van der Waals surface area contributed by atoms with E-state index < -0.39 is 10.9 Å². The molecule has 0 fully saturated rings. The van der Waals surface area contributed by atoms with Crippen molar-refractivity contribution >= 4 is 39.0 Å². The molecule has 4 heterocycles. The molecule has 1 atom stereocenters. The lowest BCUT2D eigenvalue weighted by Crippen LogP contribution is -2.11. The molecule has 150 valence electrons. The number of nitro groups is 1. The monoisotopic (exact) mass is 415 g/mol. The Morgan fingerprint density at radius 3 is 2.79 bits per heavy atom. The van der Waals surface area contributed by atoms with Gasteiger partial charge in [0.05, 0.1) is 35.9 Å². The van der Waals surface area contributed by atoms with Gasteiger partial charge in [-0.25, -0.2) is 19.3 Å². The van der Waals surface area contributed by atoms with Crippen LogP contribution in [0.5, 0.6) is 0 Å². The second-order valence-corrected chi connectivity index (χ2v) is 7.69. The molecule has 12 heteroatoms. The summed E-state index contributed by atoms with van der Waals surface area (Å²) >= 11 is 1.25. The van der Waals surface area contributed by atoms with E-state index in [1.807, 2.05) is 13.8 Å². The van der Waals surface area contributed by atoms with E-state index >= 15 is 0 Å². The summed E-state index contributed by atoms with van der Waals surface area (Å²) in [6, 6.07) is 1.43. The van der Waals surface area contributed by atoms with Crippen LogP contribution in [0.1, 0.15) is 39.6 Å². The van der Waals surface area contributed by atoms with Gasteiger partial charge in [0.2, 0.25) is 0 Å². The van der Waals surface area contributed by atoms with Gasteiger partial charge in [0, 0.05) is 5.92 Å². The fourth-order valence-corrected chi connectivity index (χ4v) is 4.22. The lowest BCUT2D eigenvalue weighted by atomic mass is 10.1. The van der Waals surface area contributed by atoms with E-state index in [0.29, 0.717) is 33.4 Å². The maximum absolute atomic E-state index is 12.0. The molecule has 0 aliphatic heterocycles. The minimum absolute atomic E-state index is 0.151. The summed E-state index contributed by atoms with van der Waals surface area (Å²) in [7, 11) is 1.34. The molecule has 0 aliphatic rings. The third-order valence-electron chi connectivity index (χ3n) is 4.70. The second kappa shape index (κ2) is 6.88. The molecule has 0 amide bonds. The van der Waals surface area contributed by atoms with Crippen LogP contribution < -0.4 is 0 Å². The van der Waals surface area contributed by atoms with E-state index in [2.05, 4.69) is 20.2 Å². The SMILES string of the molecule is COC(=O)c1sc2ncn3nc([C@@H](C)Cn4nc([N+](=O)[O-])cc4C)nc3c2c1C. The number of methoxy groups -OCH3 is 1. The van der Waals surface area contributed by atoms with Crippen molar-refractivity contribution in [2.24, 2.45) is 0 Å². The van der Waals surface area contributed by atoms with Crippen LogP contribution in [0.25, 0.3) is 15.9 Å². The van der Waals surface area contributed by atoms with E-state index in [1.165, 1.54) is 24.5 Å². The number of hydrogen-bond acceptors (Lipinski definition) is 9. The molecule has 0 spiro atoms. The first kappa shape index (κ1) is 18.9. The van der Waals surface area contributed by atoms with E-state index in [-0.39, 0.29) is 11.7 Å². The zero-order valence-corrected chi connectivity index (χ0v) is 16.9. The number of carbonyl (C=O) groups excluding carboxylic acids is 1. The summed E-state index contributed by atoms with van der Waals surface area (Å²) in [4.78, 5) is 32.6. The Balaban J connectivity index is 1.73. The molecular formula is C17H17N7O4S. The smallest absolute Gasteiger partial charge is 0.390 e. The first-order valence-corrected chi connectivity index (χ1v) is 9.53. The number of nitrogens with zero attached hydrogens (tertiary/aromatic N) is 7. The number of aryl methyl sites for hydroxylation is 2. The summed E-state index contributed by atoms with van der Waals surface area (Å²) in [5.41, 5.74) is 2.04. The van der Waals surface area contributed by atoms with E-state index in [4.69, 9.17) is 4.74 Å². The Hall–Kier alpha value is -3.41. The van der Waals surface area contributed by atoms with Crippen molar-refractivity contribution in [2.75, 3.05) is 7.11 Å². The van der Waals surface area contributed by atoms with Gasteiger partial charge < -0.3 is 14.9 Å². The van der Waals surface area contributed by atoms with Crippen LogP contribution in [0.3, 0.4) is 0 Å². The van der Waals surface area contributed by atoms with Gasteiger partial charge in [-0.3, -0.25) is 0 Å². The van der Waals surface area contributed by atoms with Gasteiger partial charge in [0.15, 0.2) is 11.5 Å². The number of hydrogen-bond donors (Lipinski definition) is 0. The summed E-state index contributed by atoms with van der Waals surface area (Å²) < 4.78 is 8.00. The van der Waals surface area contributed by atoms with Crippen molar-refractivity contribution in [3.8, 4) is 0 Å². The summed E-state index contributed by atoms with van der Waals surface area (Å²) in [5.74, 6) is -0.190. The molecule has 0 saturated carbocycles. The number of fused-ring (bicyclic) bond motifs is 3. The average molecular weight is 415 g/mol. The molecule has 0 unspecified atom stereocenters. The normalized spacial score (nSPS) is 12.6. The van der Waals surface area contributed by atoms with Gasteiger partial charge in [0.1, 0.15) is 16.0 Å². The molecule has 0 bridgehead atoms. The molecule has 29 heavy (non-hydrogen) atoms. The van der Waals surface area contributed by atoms with Gasteiger partial charge in [0.25, 0.3) is 0 Å². The highest BCUT2D eigenvalue weighted by Gasteiger charge is 2.23. The van der Waals surface area contributed by atoms with Crippen LogP contribution in [0.2, 0.25) is 0 Å². The number of ether oxygens (including phenoxy) is 1. The number of rotatable bonds is 5. The Morgan fingerprint density at radius 1 is 1.38 bits per heavy atom. The lowest BCUT2D eigenvalue weighted by molar-refractivity contribution is -0.389. The summed E-state index contributed by atoms with van der Waals surface area (Å²) in [6.07, 6.45) is 1.56. The fraction of sp³-hybridized carbons (Fsp3) is 0.353. The minimum Gasteiger partial charge on any atom is -0.465 e. The Bertz CT molecular complexity index is 1270. The number of carbonyl (C=O) groups is 1. The molecular weight excluding hydrogens is 398 g/mol. The Morgan fingerprint density at radius 2 is 2.14 bits per heavy atom.